The van der Waals surface area contributed by atoms with Gasteiger partial charge in [0.1, 0.15) is 15.9 Å². The van der Waals surface area contributed by atoms with Crippen LogP contribution in [0.1, 0.15) is 30.7 Å². The molecule has 0 fully saturated rings. The lowest BCUT2D eigenvalue weighted by atomic mass is 9.83. The van der Waals surface area contributed by atoms with Crippen LogP contribution in [0.3, 0.4) is 0 Å². The lowest BCUT2D eigenvalue weighted by Gasteiger charge is -2.20. The van der Waals surface area contributed by atoms with Gasteiger partial charge in [-0.25, -0.2) is 4.79 Å². The number of halogens is 1. The normalized spacial score (nSPS) is 13.9. The van der Waals surface area contributed by atoms with E-state index in [0.717, 1.165) is 37.9 Å². The van der Waals surface area contributed by atoms with Crippen molar-refractivity contribution in [3.05, 3.63) is 90.6 Å². The Balaban J connectivity index is 1.79. The number of fused-ring (bicyclic) bond motifs is 4. The Labute approximate surface area is 190 Å². The molecule has 0 unspecified atom stereocenters. The molecular formula is C24H18BrNO4S. The van der Waals surface area contributed by atoms with Gasteiger partial charge < -0.3 is 9.52 Å². The third-order valence-corrected chi connectivity index (χ3v) is 7.33. The number of aromatic hydroxyl groups is 1. The number of rotatable bonds is 2. The fourth-order valence-electron chi connectivity index (χ4n) is 4.10. The Morgan fingerprint density at radius 2 is 1.77 bits per heavy atom. The van der Waals surface area contributed by atoms with Gasteiger partial charge in [0, 0.05) is 26.5 Å². The van der Waals surface area contributed by atoms with E-state index < -0.39 is 16.6 Å². The van der Waals surface area contributed by atoms with E-state index >= 15 is 0 Å². The van der Waals surface area contributed by atoms with E-state index in [-0.39, 0.29) is 21.6 Å². The van der Waals surface area contributed by atoms with Crippen LogP contribution in [0, 0.1) is 6.92 Å². The number of nitrogens with zero attached hydrogens (tertiary/aromatic N) is 1. The van der Waals surface area contributed by atoms with Gasteiger partial charge in [-0.1, -0.05) is 59.2 Å². The highest BCUT2D eigenvalue weighted by atomic mass is 79.9. The van der Waals surface area contributed by atoms with Crippen LogP contribution in [0.15, 0.2) is 76.8 Å². The summed E-state index contributed by atoms with van der Waals surface area (Å²) < 4.78 is 8.05. The smallest absolute Gasteiger partial charge is 0.354 e. The molecule has 0 amide bonds. The quantitative estimate of drug-likeness (QED) is 0.396. The van der Waals surface area contributed by atoms with Crippen molar-refractivity contribution in [2.45, 2.75) is 36.0 Å². The first-order valence-electron chi connectivity index (χ1n) is 9.69. The predicted molar refractivity (Wildman–Crippen MR) is 125 cm³/mol. The molecule has 0 bridgehead atoms. The number of benzene rings is 2. The van der Waals surface area contributed by atoms with Crippen LogP contribution < -0.4 is 11.2 Å². The molecule has 1 aliphatic rings. The second-order valence-electron chi connectivity index (χ2n) is 8.18. The maximum atomic E-state index is 13.6. The molecule has 0 spiro atoms. The molecular weight excluding hydrogens is 478 g/mol. The molecule has 5 nitrogen and oxygen atoms in total. The molecule has 2 aromatic heterocycles. The number of pyridine rings is 1. The Bertz CT molecular complexity index is 1500. The van der Waals surface area contributed by atoms with Gasteiger partial charge in [-0.05, 0) is 42.8 Å². The summed E-state index contributed by atoms with van der Waals surface area (Å²) in [6.45, 7) is 6.00. The van der Waals surface area contributed by atoms with Crippen LogP contribution in [0.4, 0.5) is 0 Å². The van der Waals surface area contributed by atoms with Gasteiger partial charge >= 0.3 is 5.63 Å². The van der Waals surface area contributed by atoms with Gasteiger partial charge in [-0.2, -0.15) is 0 Å². The maximum absolute atomic E-state index is 13.6. The Morgan fingerprint density at radius 1 is 1.06 bits per heavy atom. The molecule has 0 atom stereocenters. The maximum Gasteiger partial charge on any atom is 0.354 e. The van der Waals surface area contributed by atoms with Crippen molar-refractivity contribution in [2.24, 2.45) is 0 Å². The second-order valence-corrected chi connectivity index (χ2v) is 10.2. The van der Waals surface area contributed by atoms with Crippen molar-refractivity contribution in [3.8, 4) is 11.4 Å². The Morgan fingerprint density at radius 3 is 2.48 bits per heavy atom. The van der Waals surface area contributed by atoms with Gasteiger partial charge in [0.25, 0.3) is 5.56 Å². The van der Waals surface area contributed by atoms with E-state index in [1.165, 1.54) is 0 Å². The van der Waals surface area contributed by atoms with Gasteiger partial charge in [0.05, 0.1) is 5.69 Å². The second kappa shape index (κ2) is 6.87. The van der Waals surface area contributed by atoms with Gasteiger partial charge in [-0.15, -0.1) is 0 Å². The SMILES string of the molecule is Cc1ccc(Sc2c(O)c3c(=O)n4c(cc3oc2=O)C(C)(C)c2cc(Br)ccc2-4)cc1. The molecule has 1 N–H and O–H groups in total. The van der Waals surface area contributed by atoms with Crippen LogP contribution >= 0.6 is 27.7 Å². The zero-order chi connectivity index (χ0) is 22.1. The van der Waals surface area contributed by atoms with E-state index in [0.29, 0.717) is 5.69 Å². The third-order valence-electron chi connectivity index (χ3n) is 5.77. The average Bonchev–Trinajstić information content (AvgIpc) is 2.93. The summed E-state index contributed by atoms with van der Waals surface area (Å²) in [5.41, 5.74) is 2.06. The average molecular weight is 496 g/mol. The highest BCUT2D eigenvalue weighted by Crippen LogP contribution is 2.44. The molecule has 4 aromatic rings. The molecule has 3 heterocycles. The summed E-state index contributed by atoms with van der Waals surface area (Å²) >= 11 is 4.58. The number of aryl methyl sites for hydroxylation is 1. The molecule has 0 saturated heterocycles. The topological polar surface area (TPSA) is 72.4 Å². The van der Waals surface area contributed by atoms with Crippen LogP contribution in [-0.4, -0.2) is 9.67 Å². The minimum Gasteiger partial charge on any atom is -0.505 e. The van der Waals surface area contributed by atoms with E-state index in [9.17, 15) is 14.7 Å². The molecule has 7 heteroatoms. The first-order valence-corrected chi connectivity index (χ1v) is 11.3. The van der Waals surface area contributed by atoms with Crippen molar-refractivity contribution >= 4 is 38.7 Å². The minimum atomic E-state index is -0.670. The van der Waals surface area contributed by atoms with Crippen LogP contribution in [0.25, 0.3) is 16.7 Å². The predicted octanol–water partition coefficient (Wildman–Crippen LogP) is 5.51. The van der Waals surface area contributed by atoms with Crippen LogP contribution in [0.2, 0.25) is 0 Å². The monoisotopic (exact) mass is 495 g/mol. The van der Waals surface area contributed by atoms with Crippen molar-refractivity contribution in [1.29, 1.82) is 0 Å². The van der Waals surface area contributed by atoms with Crippen molar-refractivity contribution in [3.63, 3.8) is 0 Å². The standard InChI is InChI=1S/C24H18BrNO4S/c1-12-4-7-14(8-5-12)31-21-20(27)19-17(30-23(21)29)11-18-24(2,3)15-10-13(25)6-9-16(15)26(18)22(19)28/h4-11,27H,1-3H3. The largest absolute Gasteiger partial charge is 0.505 e. The fourth-order valence-corrected chi connectivity index (χ4v) is 5.29. The zero-order valence-corrected chi connectivity index (χ0v) is 19.4. The van der Waals surface area contributed by atoms with Crippen LogP contribution in [0.5, 0.6) is 5.75 Å². The molecule has 1 aliphatic heterocycles. The summed E-state index contributed by atoms with van der Waals surface area (Å²) in [5, 5.41) is 11.0. The van der Waals surface area contributed by atoms with Gasteiger partial charge in [0.2, 0.25) is 0 Å². The third kappa shape index (κ3) is 2.98. The Kier molecular flexibility index (Phi) is 4.46. The number of aromatic nitrogens is 1. The van der Waals surface area contributed by atoms with Crippen LogP contribution in [-0.2, 0) is 5.41 Å². The molecule has 156 valence electrons. The highest BCUT2D eigenvalue weighted by Gasteiger charge is 2.38. The summed E-state index contributed by atoms with van der Waals surface area (Å²) in [7, 11) is 0. The first kappa shape index (κ1) is 20.2. The van der Waals surface area contributed by atoms with Crippen molar-refractivity contribution in [2.75, 3.05) is 0 Å². The van der Waals surface area contributed by atoms with E-state index in [2.05, 4.69) is 15.9 Å². The molecule has 31 heavy (non-hydrogen) atoms. The first-order chi connectivity index (χ1) is 14.7. The number of hydrogen-bond acceptors (Lipinski definition) is 5. The lowest BCUT2D eigenvalue weighted by molar-refractivity contribution is 0.445. The summed E-state index contributed by atoms with van der Waals surface area (Å²) in [6.07, 6.45) is 0. The van der Waals surface area contributed by atoms with Crippen molar-refractivity contribution < 1.29 is 9.52 Å². The Hall–Kier alpha value is -2.77. The van der Waals surface area contributed by atoms with Crippen molar-refractivity contribution in [1.82, 2.24) is 4.57 Å². The summed E-state index contributed by atoms with van der Waals surface area (Å²) in [6, 6.07) is 15.0. The molecule has 2 aromatic carbocycles. The fraction of sp³-hybridized carbons (Fsp3) is 0.167. The number of hydrogen-bond donors (Lipinski definition) is 1. The minimum absolute atomic E-state index is 0.00212. The van der Waals surface area contributed by atoms with E-state index in [1.807, 2.05) is 63.2 Å². The molecule has 5 rings (SSSR count). The highest BCUT2D eigenvalue weighted by molar-refractivity contribution is 9.10. The molecule has 0 saturated carbocycles. The zero-order valence-electron chi connectivity index (χ0n) is 17.0. The summed E-state index contributed by atoms with van der Waals surface area (Å²) in [4.78, 5) is 27.0. The van der Waals surface area contributed by atoms with E-state index in [4.69, 9.17) is 4.42 Å². The van der Waals surface area contributed by atoms with Gasteiger partial charge in [0.15, 0.2) is 5.75 Å². The molecule has 0 aliphatic carbocycles. The lowest BCUT2D eigenvalue weighted by Crippen LogP contribution is -2.24. The summed E-state index contributed by atoms with van der Waals surface area (Å²) in [5.74, 6) is -0.347. The van der Waals surface area contributed by atoms with E-state index in [1.54, 1.807) is 10.6 Å². The van der Waals surface area contributed by atoms with Gasteiger partial charge in [-0.3, -0.25) is 9.36 Å². The molecule has 0 radical (unpaired) electrons.